The molecule has 6 heteroatoms. The highest BCUT2D eigenvalue weighted by atomic mass is 19.2. The second-order valence-corrected chi connectivity index (χ2v) is 5.90. The molecule has 0 aromatic heterocycles. The normalized spacial score (nSPS) is 18.6. The van der Waals surface area contributed by atoms with Gasteiger partial charge in [-0.3, -0.25) is 0 Å². The minimum atomic E-state index is -1.43. The molecule has 2 N–H and O–H groups in total. The van der Waals surface area contributed by atoms with E-state index in [1.54, 1.807) is 6.92 Å². The van der Waals surface area contributed by atoms with Crippen LogP contribution in [0.4, 0.5) is 13.2 Å². The second-order valence-electron chi connectivity index (χ2n) is 5.90. The first kappa shape index (κ1) is 17.2. The molecule has 1 unspecified atom stereocenters. The van der Waals surface area contributed by atoms with Gasteiger partial charge >= 0.3 is 0 Å². The summed E-state index contributed by atoms with van der Waals surface area (Å²) in [6.45, 7) is 5.25. The van der Waals surface area contributed by atoms with Gasteiger partial charge in [-0.2, -0.15) is 0 Å². The topological polar surface area (TPSA) is 35.5 Å². The minimum Gasteiger partial charge on any atom is -0.393 e. The molecule has 0 amide bonds. The van der Waals surface area contributed by atoms with Crippen LogP contribution in [0.1, 0.15) is 37.8 Å². The van der Waals surface area contributed by atoms with Gasteiger partial charge in [-0.15, -0.1) is 0 Å². The molecule has 0 bridgehead atoms. The number of hydrogen-bond donors (Lipinski definition) is 2. The Morgan fingerprint density at radius 1 is 1.23 bits per heavy atom. The van der Waals surface area contributed by atoms with Gasteiger partial charge in [0.25, 0.3) is 0 Å². The molecule has 3 nitrogen and oxygen atoms in total. The zero-order valence-corrected chi connectivity index (χ0v) is 12.8. The van der Waals surface area contributed by atoms with E-state index < -0.39 is 17.5 Å². The van der Waals surface area contributed by atoms with Crippen LogP contribution in [0, 0.1) is 17.5 Å². The summed E-state index contributed by atoms with van der Waals surface area (Å²) in [6, 6.07) is 1.82. The number of halogens is 3. The molecular formula is C16H23F3N2O. The number of rotatable bonds is 6. The number of aliphatic hydroxyl groups is 1. The number of benzene rings is 1. The summed E-state index contributed by atoms with van der Waals surface area (Å²) in [4.78, 5) is 2.30. The highest BCUT2D eigenvalue weighted by Gasteiger charge is 2.17. The van der Waals surface area contributed by atoms with Crippen molar-refractivity contribution in [2.45, 2.75) is 38.3 Å². The average molecular weight is 316 g/mol. The molecule has 124 valence electrons. The summed E-state index contributed by atoms with van der Waals surface area (Å²) in [6.07, 6.45) is 2.38. The average Bonchev–Trinajstić information content (AvgIpc) is 2.50. The zero-order chi connectivity index (χ0) is 16.1. The van der Waals surface area contributed by atoms with E-state index in [1.165, 1.54) is 0 Å². The van der Waals surface area contributed by atoms with Gasteiger partial charge in [-0.25, -0.2) is 13.2 Å². The fraction of sp³-hybridized carbons (Fsp3) is 0.625. The molecule has 1 fully saturated rings. The SMILES string of the molecule is CC(NCCCN1CCC(O)CC1)c1cc(F)c(F)c(F)c1. The van der Waals surface area contributed by atoms with Gasteiger partial charge in [0.2, 0.25) is 0 Å². The highest BCUT2D eigenvalue weighted by molar-refractivity contribution is 5.22. The number of hydrogen-bond acceptors (Lipinski definition) is 3. The van der Waals surface area contributed by atoms with Crippen molar-refractivity contribution in [1.82, 2.24) is 10.2 Å². The van der Waals surface area contributed by atoms with Gasteiger partial charge in [0.1, 0.15) is 0 Å². The molecule has 1 aromatic rings. The van der Waals surface area contributed by atoms with Crippen molar-refractivity contribution in [3.05, 3.63) is 35.1 Å². The molecule has 1 aliphatic heterocycles. The first-order chi connectivity index (χ1) is 10.5. The van der Waals surface area contributed by atoms with Crippen LogP contribution in [-0.2, 0) is 0 Å². The van der Waals surface area contributed by atoms with Gasteiger partial charge in [0.15, 0.2) is 17.5 Å². The molecule has 1 atom stereocenters. The highest BCUT2D eigenvalue weighted by Crippen LogP contribution is 2.19. The van der Waals surface area contributed by atoms with E-state index in [0.717, 1.165) is 51.0 Å². The van der Waals surface area contributed by atoms with Crippen molar-refractivity contribution in [2.75, 3.05) is 26.2 Å². The number of aliphatic hydroxyl groups excluding tert-OH is 1. The van der Waals surface area contributed by atoms with E-state index in [1.807, 2.05) is 0 Å². The Morgan fingerprint density at radius 3 is 2.41 bits per heavy atom. The van der Waals surface area contributed by atoms with E-state index in [0.29, 0.717) is 12.1 Å². The molecule has 2 rings (SSSR count). The van der Waals surface area contributed by atoms with Gasteiger partial charge < -0.3 is 15.3 Å². The number of nitrogens with one attached hydrogen (secondary N) is 1. The summed E-state index contributed by atoms with van der Waals surface area (Å²) in [5.74, 6) is -3.74. The lowest BCUT2D eigenvalue weighted by molar-refractivity contribution is 0.0820. The lowest BCUT2D eigenvalue weighted by Gasteiger charge is -2.29. The maximum Gasteiger partial charge on any atom is 0.194 e. The molecule has 1 aromatic carbocycles. The first-order valence-corrected chi connectivity index (χ1v) is 7.75. The smallest absolute Gasteiger partial charge is 0.194 e. The van der Waals surface area contributed by atoms with Crippen LogP contribution in [0.2, 0.25) is 0 Å². The Balaban J connectivity index is 1.73. The Kier molecular flexibility index (Phi) is 6.23. The molecule has 0 saturated carbocycles. The quantitative estimate of drug-likeness (QED) is 0.625. The Hall–Kier alpha value is -1.11. The summed E-state index contributed by atoms with van der Waals surface area (Å²) in [7, 11) is 0. The number of nitrogens with zero attached hydrogens (tertiary/aromatic N) is 1. The van der Waals surface area contributed by atoms with Crippen LogP contribution in [0.15, 0.2) is 12.1 Å². The fourth-order valence-electron chi connectivity index (χ4n) is 2.71. The van der Waals surface area contributed by atoms with E-state index in [4.69, 9.17) is 0 Å². The van der Waals surface area contributed by atoms with E-state index in [-0.39, 0.29) is 12.1 Å². The molecule has 0 aliphatic carbocycles. The summed E-state index contributed by atoms with van der Waals surface area (Å²) in [5, 5.41) is 12.6. The molecule has 1 saturated heterocycles. The van der Waals surface area contributed by atoms with Crippen LogP contribution in [0.5, 0.6) is 0 Å². The van der Waals surface area contributed by atoms with Crippen molar-refractivity contribution < 1.29 is 18.3 Å². The largest absolute Gasteiger partial charge is 0.393 e. The monoisotopic (exact) mass is 316 g/mol. The summed E-state index contributed by atoms with van der Waals surface area (Å²) >= 11 is 0. The standard InChI is InChI=1S/C16H23F3N2O/c1-11(12-9-14(17)16(19)15(18)10-12)20-5-2-6-21-7-3-13(22)4-8-21/h9-11,13,20,22H,2-8H2,1H3. The van der Waals surface area contributed by atoms with Crippen LogP contribution in [0.3, 0.4) is 0 Å². The predicted molar refractivity (Wildman–Crippen MR) is 79.0 cm³/mol. The molecular weight excluding hydrogens is 293 g/mol. The summed E-state index contributed by atoms with van der Waals surface area (Å²) in [5.41, 5.74) is 0.400. The van der Waals surface area contributed by atoms with Crippen LogP contribution >= 0.6 is 0 Å². The lowest BCUT2D eigenvalue weighted by atomic mass is 10.1. The van der Waals surface area contributed by atoms with E-state index >= 15 is 0 Å². The van der Waals surface area contributed by atoms with E-state index in [9.17, 15) is 18.3 Å². The van der Waals surface area contributed by atoms with Crippen LogP contribution in [-0.4, -0.2) is 42.3 Å². The zero-order valence-electron chi connectivity index (χ0n) is 12.8. The third kappa shape index (κ3) is 4.69. The number of likely N-dealkylation sites (tertiary alicyclic amines) is 1. The van der Waals surface area contributed by atoms with Crippen LogP contribution in [0.25, 0.3) is 0 Å². The van der Waals surface area contributed by atoms with Crippen molar-refractivity contribution >= 4 is 0 Å². The van der Waals surface area contributed by atoms with Gasteiger partial charge in [0, 0.05) is 19.1 Å². The minimum absolute atomic E-state index is 0.169. The molecule has 22 heavy (non-hydrogen) atoms. The fourth-order valence-corrected chi connectivity index (χ4v) is 2.71. The Labute approximate surface area is 129 Å². The van der Waals surface area contributed by atoms with Crippen LogP contribution < -0.4 is 5.32 Å². The molecule has 0 radical (unpaired) electrons. The molecule has 1 aliphatic rings. The van der Waals surface area contributed by atoms with Crippen molar-refractivity contribution in [2.24, 2.45) is 0 Å². The van der Waals surface area contributed by atoms with Gasteiger partial charge in [-0.1, -0.05) is 0 Å². The number of piperidine rings is 1. The maximum atomic E-state index is 13.2. The van der Waals surface area contributed by atoms with Crippen molar-refractivity contribution in [3.8, 4) is 0 Å². The van der Waals surface area contributed by atoms with Crippen molar-refractivity contribution in [3.63, 3.8) is 0 Å². The van der Waals surface area contributed by atoms with Gasteiger partial charge in [0.05, 0.1) is 6.10 Å². The van der Waals surface area contributed by atoms with Gasteiger partial charge in [-0.05, 0) is 57.0 Å². The molecule has 0 spiro atoms. The second kappa shape index (κ2) is 7.94. The Morgan fingerprint density at radius 2 is 1.82 bits per heavy atom. The summed E-state index contributed by atoms with van der Waals surface area (Å²) < 4.78 is 39.3. The van der Waals surface area contributed by atoms with Crippen molar-refractivity contribution in [1.29, 1.82) is 0 Å². The van der Waals surface area contributed by atoms with E-state index in [2.05, 4.69) is 10.2 Å². The first-order valence-electron chi connectivity index (χ1n) is 7.75. The lowest BCUT2D eigenvalue weighted by Crippen LogP contribution is -2.37. The third-order valence-corrected chi connectivity index (χ3v) is 4.16. The Bertz CT molecular complexity index is 467. The predicted octanol–water partition coefficient (Wildman–Crippen LogP) is 2.60. The molecule has 1 heterocycles. The maximum absolute atomic E-state index is 13.2. The third-order valence-electron chi connectivity index (χ3n) is 4.16.